The number of sulfone groups is 1. The Bertz CT molecular complexity index is 810. The van der Waals surface area contributed by atoms with Crippen molar-refractivity contribution in [3.8, 4) is 0 Å². The molecule has 0 saturated carbocycles. The first-order valence-electron chi connectivity index (χ1n) is 9.01. The Morgan fingerprint density at radius 3 is 2.61 bits per heavy atom. The number of nitrogens with one attached hydrogen (secondary N) is 2. The van der Waals surface area contributed by atoms with Crippen LogP contribution in [0.2, 0.25) is 0 Å². The summed E-state index contributed by atoms with van der Waals surface area (Å²) in [6, 6.07) is 5.14. The van der Waals surface area contributed by atoms with Gasteiger partial charge in [0, 0.05) is 32.9 Å². The van der Waals surface area contributed by atoms with Crippen LogP contribution in [0.1, 0.15) is 17.5 Å². The van der Waals surface area contributed by atoms with Gasteiger partial charge in [0.15, 0.2) is 15.8 Å². The van der Waals surface area contributed by atoms with Gasteiger partial charge < -0.3 is 10.6 Å². The molecule has 0 amide bonds. The van der Waals surface area contributed by atoms with Gasteiger partial charge in [-0.25, -0.2) is 8.42 Å². The maximum atomic E-state index is 12.5. The Morgan fingerprint density at radius 1 is 1.32 bits per heavy atom. The van der Waals surface area contributed by atoms with Gasteiger partial charge in [-0.2, -0.15) is 13.2 Å². The SMILES string of the molecule is CN=C(NCc1ccc(S(C)(=O)=O)c(C)c1)NCC1CCN(CC(F)(F)F)C1. The zero-order valence-electron chi connectivity index (χ0n) is 16.3. The lowest BCUT2D eigenvalue weighted by molar-refractivity contribution is -0.143. The van der Waals surface area contributed by atoms with Crippen LogP contribution in [0.4, 0.5) is 13.2 Å². The molecule has 0 bridgehead atoms. The van der Waals surface area contributed by atoms with E-state index in [1.54, 1.807) is 26.1 Å². The molecule has 1 fully saturated rings. The fraction of sp³-hybridized carbons (Fsp3) is 0.611. The number of aryl methyl sites for hydroxylation is 1. The molecule has 1 aromatic rings. The molecule has 1 saturated heterocycles. The van der Waals surface area contributed by atoms with Gasteiger partial charge in [0.1, 0.15) is 0 Å². The van der Waals surface area contributed by atoms with Gasteiger partial charge in [-0.05, 0) is 43.0 Å². The first kappa shape index (κ1) is 22.5. The van der Waals surface area contributed by atoms with Crippen LogP contribution in [0.25, 0.3) is 0 Å². The van der Waals surface area contributed by atoms with Crippen LogP contribution in [0, 0.1) is 12.8 Å². The van der Waals surface area contributed by atoms with Crippen molar-refractivity contribution in [2.24, 2.45) is 10.9 Å². The first-order valence-corrected chi connectivity index (χ1v) is 10.9. The number of aliphatic imine (C=N–C) groups is 1. The van der Waals surface area contributed by atoms with Crippen LogP contribution in [-0.4, -0.2) is 64.9 Å². The molecule has 0 spiro atoms. The molecule has 1 aliphatic heterocycles. The van der Waals surface area contributed by atoms with Gasteiger partial charge in [-0.3, -0.25) is 9.89 Å². The Hall–Kier alpha value is -1.81. The zero-order valence-corrected chi connectivity index (χ0v) is 17.1. The number of halogens is 3. The lowest BCUT2D eigenvalue weighted by Crippen LogP contribution is -2.40. The molecule has 1 heterocycles. The smallest absolute Gasteiger partial charge is 0.356 e. The van der Waals surface area contributed by atoms with Crippen LogP contribution in [0.3, 0.4) is 0 Å². The Labute approximate surface area is 164 Å². The Kier molecular flexibility index (Phi) is 7.33. The second-order valence-electron chi connectivity index (χ2n) is 7.18. The van der Waals surface area contributed by atoms with Crippen molar-refractivity contribution in [3.63, 3.8) is 0 Å². The van der Waals surface area contributed by atoms with E-state index in [9.17, 15) is 21.6 Å². The number of likely N-dealkylation sites (tertiary alicyclic amines) is 1. The van der Waals surface area contributed by atoms with Crippen LogP contribution in [-0.2, 0) is 16.4 Å². The minimum atomic E-state index is -4.16. The third-order valence-electron chi connectivity index (χ3n) is 4.65. The molecule has 6 nitrogen and oxygen atoms in total. The summed E-state index contributed by atoms with van der Waals surface area (Å²) >= 11 is 0. The number of nitrogens with zero attached hydrogens (tertiary/aromatic N) is 2. The average Bonchev–Trinajstić information content (AvgIpc) is 2.99. The predicted molar refractivity (Wildman–Crippen MR) is 103 cm³/mol. The molecule has 0 radical (unpaired) electrons. The third-order valence-corrected chi connectivity index (χ3v) is 5.91. The van der Waals surface area contributed by atoms with Crippen molar-refractivity contribution in [2.45, 2.75) is 31.0 Å². The summed E-state index contributed by atoms with van der Waals surface area (Å²) < 4.78 is 60.7. The monoisotopic (exact) mass is 420 g/mol. The highest BCUT2D eigenvalue weighted by atomic mass is 32.2. The highest BCUT2D eigenvalue weighted by molar-refractivity contribution is 7.90. The van der Waals surface area contributed by atoms with Crippen LogP contribution in [0.5, 0.6) is 0 Å². The average molecular weight is 421 g/mol. The molecule has 2 rings (SSSR count). The predicted octanol–water partition coefficient (Wildman–Crippen LogP) is 1.95. The van der Waals surface area contributed by atoms with E-state index in [1.165, 1.54) is 11.2 Å². The molecule has 10 heteroatoms. The lowest BCUT2D eigenvalue weighted by atomic mass is 10.1. The van der Waals surface area contributed by atoms with E-state index in [0.29, 0.717) is 49.0 Å². The number of hydrogen-bond donors (Lipinski definition) is 2. The number of rotatable bonds is 6. The number of guanidine groups is 1. The second kappa shape index (κ2) is 9.13. The van der Waals surface area contributed by atoms with Crippen molar-refractivity contribution in [1.82, 2.24) is 15.5 Å². The molecule has 0 aromatic heterocycles. The van der Waals surface area contributed by atoms with Crippen LogP contribution >= 0.6 is 0 Å². The van der Waals surface area contributed by atoms with E-state index in [1.807, 2.05) is 6.07 Å². The van der Waals surface area contributed by atoms with E-state index in [4.69, 9.17) is 0 Å². The highest BCUT2D eigenvalue weighted by Crippen LogP contribution is 2.22. The van der Waals surface area contributed by atoms with Gasteiger partial charge >= 0.3 is 6.18 Å². The van der Waals surface area contributed by atoms with Crippen molar-refractivity contribution < 1.29 is 21.6 Å². The lowest BCUT2D eigenvalue weighted by Gasteiger charge is -2.19. The van der Waals surface area contributed by atoms with E-state index in [2.05, 4.69) is 15.6 Å². The molecular weight excluding hydrogens is 393 g/mol. The molecule has 1 unspecified atom stereocenters. The van der Waals surface area contributed by atoms with E-state index >= 15 is 0 Å². The molecule has 2 N–H and O–H groups in total. The minimum Gasteiger partial charge on any atom is -0.356 e. The Morgan fingerprint density at radius 2 is 2.04 bits per heavy atom. The van der Waals surface area contributed by atoms with Gasteiger partial charge in [0.2, 0.25) is 0 Å². The number of hydrogen-bond acceptors (Lipinski definition) is 4. The summed E-state index contributed by atoms with van der Waals surface area (Å²) in [5.41, 5.74) is 1.59. The molecule has 1 aromatic carbocycles. The van der Waals surface area contributed by atoms with Crippen LogP contribution < -0.4 is 10.6 Å². The van der Waals surface area contributed by atoms with Gasteiger partial charge in [-0.1, -0.05) is 12.1 Å². The standard InChI is InChI=1S/C18H27F3N4O2S/c1-13-8-14(4-5-16(13)28(3,26)27)9-23-17(22-2)24-10-15-6-7-25(11-15)12-18(19,20)21/h4-5,8,15H,6-7,9-12H2,1-3H3,(H2,22,23,24). The van der Waals surface area contributed by atoms with Crippen molar-refractivity contribution in [3.05, 3.63) is 29.3 Å². The quantitative estimate of drug-likeness (QED) is 0.544. The maximum absolute atomic E-state index is 12.5. The van der Waals surface area contributed by atoms with Gasteiger partial charge in [0.05, 0.1) is 11.4 Å². The molecule has 1 atom stereocenters. The summed E-state index contributed by atoms with van der Waals surface area (Å²) in [6.07, 6.45) is -2.27. The maximum Gasteiger partial charge on any atom is 0.401 e. The third kappa shape index (κ3) is 6.97. The van der Waals surface area contributed by atoms with Gasteiger partial charge in [0.25, 0.3) is 0 Å². The van der Waals surface area contributed by atoms with Crippen LogP contribution in [0.15, 0.2) is 28.1 Å². The Balaban J connectivity index is 1.82. The van der Waals surface area contributed by atoms with Crippen molar-refractivity contribution in [2.75, 3.05) is 39.5 Å². The fourth-order valence-electron chi connectivity index (χ4n) is 3.36. The minimum absolute atomic E-state index is 0.136. The molecular formula is C18H27F3N4O2S. The van der Waals surface area contributed by atoms with E-state index in [-0.39, 0.29) is 5.92 Å². The summed E-state index contributed by atoms with van der Waals surface area (Å²) in [4.78, 5) is 5.86. The second-order valence-corrected chi connectivity index (χ2v) is 9.17. The highest BCUT2D eigenvalue weighted by Gasteiger charge is 2.34. The summed E-state index contributed by atoms with van der Waals surface area (Å²) in [6.45, 7) is 2.74. The normalized spacial score (nSPS) is 19.1. The summed E-state index contributed by atoms with van der Waals surface area (Å²) in [7, 11) is -1.63. The summed E-state index contributed by atoms with van der Waals surface area (Å²) in [5, 5.41) is 6.29. The topological polar surface area (TPSA) is 73.8 Å². The largest absolute Gasteiger partial charge is 0.401 e. The van der Waals surface area contributed by atoms with E-state index in [0.717, 1.165) is 5.56 Å². The first-order chi connectivity index (χ1) is 13.0. The fourth-order valence-corrected chi connectivity index (χ4v) is 4.32. The van der Waals surface area contributed by atoms with Crippen molar-refractivity contribution >= 4 is 15.8 Å². The molecule has 0 aliphatic carbocycles. The van der Waals surface area contributed by atoms with E-state index < -0.39 is 22.6 Å². The number of benzene rings is 1. The molecule has 158 valence electrons. The number of alkyl halides is 3. The molecule has 1 aliphatic rings. The zero-order chi connectivity index (χ0) is 20.9. The van der Waals surface area contributed by atoms with Gasteiger partial charge in [-0.15, -0.1) is 0 Å². The van der Waals surface area contributed by atoms with Crippen molar-refractivity contribution in [1.29, 1.82) is 0 Å². The molecule has 28 heavy (non-hydrogen) atoms. The summed E-state index contributed by atoms with van der Waals surface area (Å²) in [5.74, 6) is 0.691.